The van der Waals surface area contributed by atoms with Gasteiger partial charge in [0.25, 0.3) is 0 Å². The number of alkyl halides is 9. The van der Waals surface area contributed by atoms with Crippen LogP contribution in [0.15, 0.2) is 96.3 Å². The van der Waals surface area contributed by atoms with Crippen molar-refractivity contribution in [1.82, 2.24) is 9.14 Å². The standard InChI is InChI=1S/C38H23F9N2O2/c1-18-12-21(36(39,40)41)15-24(13-18)48-19(2)30(26-8-4-6-10-28(26)48)32-34(50)33(35(32)51)31-20(3)49(29-11-7-5-9-27(29)31)25-16-22(37(42,43)44)14-23(17-25)38(45,46)47/h4-17H,1-3H3/p+1. The molecule has 5 aromatic rings. The van der Waals surface area contributed by atoms with E-state index < -0.39 is 52.4 Å². The zero-order valence-electron chi connectivity index (χ0n) is 26.7. The van der Waals surface area contributed by atoms with Gasteiger partial charge in [-0.3, -0.25) is 4.79 Å². The summed E-state index contributed by atoms with van der Waals surface area (Å²) >= 11 is 0. The van der Waals surface area contributed by atoms with Gasteiger partial charge in [-0.05, 0) is 55.8 Å². The molecule has 1 N–H and O–H groups in total. The predicted molar refractivity (Wildman–Crippen MR) is 174 cm³/mol. The van der Waals surface area contributed by atoms with E-state index in [1.54, 1.807) is 47.9 Å². The molecule has 0 unspecified atom stereocenters. The Labute approximate surface area is 283 Å². The molecule has 4 aromatic carbocycles. The fourth-order valence-corrected chi connectivity index (χ4v) is 7.02. The van der Waals surface area contributed by atoms with Crippen LogP contribution in [0.2, 0.25) is 0 Å². The van der Waals surface area contributed by atoms with Gasteiger partial charge >= 0.3 is 18.5 Å². The van der Waals surface area contributed by atoms with Gasteiger partial charge in [0.05, 0.1) is 44.5 Å². The van der Waals surface area contributed by atoms with Gasteiger partial charge in [0, 0.05) is 47.5 Å². The summed E-state index contributed by atoms with van der Waals surface area (Å²) in [5.74, 6) is -1.14. The Kier molecular flexibility index (Phi) is 7.45. The van der Waals surface area contributed by atoms with Crippen molar-refractivity contribution in [3.8, 4) is 5.69 Å². The van der Waals surface area contributed by atoms with Crippen molar-refractivity contribution in [2.24, 2.45) is 0 Å². The summed E-state index contributed by atoms with van der Waals surface area (Å²) in [5, 5.41) is 12.1. The number of allylic oxidation sites excluding steroid dienone is 3. The van der Waals surface area contributed by atoms with Crippen LogP contribution in [-0.4, -0.2) is 21.2 Å². The summed E-state index contributed by atoms with van der Waals surface area (Å²) in [4.78, 5) is 14.1. The van der Waals surface area contributed by atoms with Gasteiger partial charge in [0.15, 0.2) is 5.71 Å². The molecule has 1 aromatic heterocycles. The molecule has 7 rings (SSSR count). The van der Waals surface area contributed by atoms with Crippen LogP contribution in [0.25, 0.3) is 27.7 Å². The average molecular weight is 712 g/mol. The highest BCUT2D eigenvalue weighted by atomic mass is 19.4. The number of fused-ring (bicyclic) bond motifs is 2. The molecule has 0 saturated heterocycles. The monoisotopic (exact) mass is 711 g/mol. The van der Waals surface area contributed by atoms with E-state index >= 15 is 0 Å². The third kappa shape index (κ3) is 5.33. The number of carbonyl (C=O) groups is 1. The van der Waals surface area contributed by atoms with E-state index in [-0.39, 0.29) is 51.0 Å². The Balaban J connectivity index is 1.46. The third-order valence-electron chi connectivity index (χ3n) is 9.13. The van der Waals surface area contributed by atoms with Gasteiger partial charge in [-0.1, -0.05) is 30.3 Å². The number of aryl methyl sites for hydroxylation is 1. The topological polar surface area (TPSA) is 45.2 Å². The molecule has 0 spiro atoms. The molecule has 0 atom stereocenters. The first-order valence-electron chi connectivity index (χ1n) is 15.3. The smallest absolute Gasteiger partial charge is 0.416 e. The number of rotatable bonds is 3. The van der Waals surface area contributed by atoms with Crippen molar-refractivity contribution in [1.29, 1.82) is 0 Å². The molecule has 0 fully saturated rings. The van der Waals surface area contributed by atoms with E-state index in [1.165, 1.54) is 36.6 Å². The minimum atomic E-state index is -5.10. The molecule has 4 nitrogen and oxygen atoms in total. The lowest BCUT2D eigenvalue weighted by atomic mass is 9.78. The second-order valence-electron chi connectivity index (χ2n) is 12.4. The lowest BCUT2D eigenvalue weighted by Crippen LogP contribution is -2.25. The van der Waals surface area contributed by atoms with E-state index in [0.717, 1.165) is 12.1 Å². The number of carbonyl (C=O) groups excluding carboxylic acids is 1. The maximum atomic E-state index is 14.1. The van der Waals surface area contributed by atoms with Crippen molar-refractivity contribution in [3.05, 3.63) is 135 Å². The van der Waals surface area contributed by atoms with Crippen LogP contribution in [0.3, 0.4) is 0 Å². The zero-order valence-corrected chi connectivity index (χ0v) is 26.7. The molecule has 1 aliphatic carbocycles. The van der Waals surface area contributed by atoms with Crippen LogP contribution < -0.4 is 4.58 Å². The SMILES string of the molecule is CC1=[N+](c2cc(C(F)(F)F)cc(C(F)(F)F)c2)c2ccccc2/C1=C1\C(=O)C(c2c(C)n(-c3cc(C)cc(C(F)(F)F)c3)c3ccccc23)=C1O. The van der Waals surface area contributed by atoms with Crippen LogP contribution in [0.1, 0.15) is 46.0 Å². The van der Waals surface area contributed by atoms with E-state index in [9.17, 15) is 49.4 Å². The molecule has 260 valence electrons. The van der Waals surface area contributed by atoms with Gasteiger partial charge in [-0.25, -0.2) is 0 Å². The van der Waals surface area contributed by atoms with E-state index in [4.69, 9.17) is 0 Å². The molecule has 2 aliphatic rings. The van der Waals surface area contributed by atoms with Crippen LogP contribution in [0.5, 0.6) is 0 Å². The molecule has 51 heavy (non-hydrogen) atoms. The van der Waals surface area contributed by atoms with Crippen LogP contribution in [0, 0.1) is 13.8 Å². The number of hydrogen-bond acceptors (Lipinski definition) is 2. The maximum absolute atomic E-state index is 14.1. The number of benzene rings is 4. The predicted octanol–water partition coefficient (Wildman–Crippen LogP) is 10.9. The Morgan fingerprint density at radius 3 is 1.82 bits per heavy atom. The normalized spacial score (nSPS) is 16.7. The average Bonchev–Trinajstić information content (AvgIpc) is 3.49. The molecule has 1 aliphatic heterocycles. The van der Waals surface area contributed by atoms with Crippen LogP contribution >= 0.6 is 0 Å². The molecule has 0 saturated carbocycles. The lowest BCUT2D eigenvalue weighted by molar-refractivity contribution is -0.143. The quantitative estimate of drug-likeness (QED) is 0.115. The number of ketones is 1. The van der Waals surface area contributed by atoms with Gasteiger partial charge < -0.3 is 9.67 Å². The molecular formula is C38H24F9N2O2+. The van der Waals surface area contributed by atoms with Crippen molar-refractivity contribution in [2.45, 2.75) is 39.3 Å². The Morgan fingerprint density at radius 1 is 0.647 bits per heavy atom. The molecular weight excluding hydrogens is 687 g/mol. The number of nitrogens with zero attached hydrogens (tertiary/aromatic N) is 2. The number of para-hydroxylation sites is 2. The van der Waals surface area contributed by atoms with Gasteiger partial charge in [0.2, 0.25) is 17.2 Å². The van der Waals surface area contributed by atoms with E-state index in [1.807, 2.05) is 0 Å². The summed E-state index contributed by atoms with van der Waals surface area (Å²) in [6, 6.07) is 17.5. The first kappa shape index (κ1) is 33.9. The van der Waals surface area contributed by atoms with Crippen LogP contribution in [-0.2, 0) is 23.3 Å². The fraction of sp³-hybridized carbons (Fsp3) is 0.158. The summed E-state index contributed by atoms with van der Waals surface area (Å²) in [6.07, 6.45) is -14.8. The molecule has 13 heteroatoms. The Bertz CT molecular complexity index is 2410. The first-order chi connectivity index (χ1) is 23.8. The number of aromatic nitrogens is 1. The number of hydrogen-bond donors (Lipinski definition) is 1. The third-order valence-corrected chi connectivity index (χ3v) is 9.13. The minimum absolute atomic E-state index is 0.0238. The van der Waals surface area contributed by atoms with Crippen molar-refractivity contribution >= 4 is 44.9 Å². The van der Waals surface area contributed by atoms with Gasteiger partial charge in [-0.2, -0.15) is 44.1 Å². The highest BCUT2D eigenvalue weighted by Crippen LogP contribution is 2.49. The fourth-order valence-electron chi connectivity index (χ4n) is 7.02. The van der Waals surface area contributed by atoms with Crippen molar-refractivity contribution in [3.63, 3.8) is 0 Å². The highest BCUT2D eigenvalue weighted by Gasteiger charge is 2.47. The first-order valence-corrected chi connectivity index (χ1v) is 15.3. The largest absolute Gasteiger partial charge is 0.506 e. The summed E-state index contributed by atoms with van der Waals surface area (Å²) in [7, 11) is 0. The number of aliphatic hydroxyl groups is 1. The summed E-state index contributed by atoms with van der Waals surface area (Å²) < 4.78 is 127. The van der Waals surface area contributed by atoms with Gasteiger partial charge in [-0.15, -0.1) is 0 Å². The highest BCUT2D eigenvalue weighted by molar-refractivity contribution is 6.48. The van der Waals surface area contributed by atoms with Crippen molar-refractivity contribution < 1.29 is 49.4 Å². The maximum Gasteiger partial charge on any atom is 0.416 e. The second-order valence-corrected chi connectivity index (χ2v) is 12.4. The number of halogens is 9. The van der Waals surface area contributed by atoms with E-state index in [2.05, 4.69) is 0 Å². The Hall–Kier alpha value is -5.59. The second kappa shape index (κ2) is 11.2. The van der Waals surface area contributed by atoms with E-state index in [0.29, 0.717) is 34.3 Å². The van der Waals surface area contributed by atoms with Gasteiger partial charge in [0.1, 0.15) is 5.76 Å². The number of Topliss-reactive ketones (excluding diaryl/α,β-unsaturated/α-hetero) is 1. The minimum Gasteiger partial charge on any atom is -0.506 e. The molecule has 0 bridgehead atoms. The van der Waals surface area contributed by atoms with Crippen molar-refractivity contribution in [2.75, 3.05) is 0 Å². The summed E-state index contributed by atoms with van der Waals surface area (Å²) in [6.45, 7) is 4.54. The molecule has 2 heterocycles. The zero-order chi connectivity index (χ0) is 36.9. The lowest BCUT2D eigenvalue weighted by Gasteiger charge is -2.23. The van der Waals surface area contributed by atoms with Crippen LogP contribution in [0.4, 0.5) is 50.9 Å². The molecule has 0 amide bonds. The summed E-state index contributed by atoms with van der Waals surface area (Å²) in [5.41, 5.74) is -2.43. The Morgan fingerprint density at radius 2 is 1.22 bits per heavy atom. The number of aliphatic hydroxyl groups excluding tert-OH is 1. The molecule has 0 radical (unpaired) electrons.